The van der Waals surface area contributed by atoms with Crippen LogP contribution in [0.2, 0.25) is 0 Å². The smallest absolute Gasteiger partial charge is 0.261 e. The van der Waals surface area contributed by atoms with Gasteiger partial charge in [-0.3, -0.25) is 4.72 Å². The lowest BCUT2D eigenvalue weighted by atomic mass is 10.3. The van der Waals surface area contributed by atoms with Crippen LogP contribution in [-0.2, 0) is 10.0 Å². The fourth-order valence-electron chi connectivity index (χ4n) is 1.62. The Morgan fingerprint density at radius 1 is 1.10 bits per heavy atom. The van der Waals surface area contributed by atoms with Crippen molar-refractivity contribution in [2.45, 2.75) is 4.90 Å². The molecule has 0 aromatic heterocycles. The molecule has 0 spiro atoms. The average Bonchev–Trinajstić information content (AvgIpc) is 2.41. The number of hydrogen-bond donors (Lipinski definition) is 2. The van der Waals surface area contributed by atoms with E-state index in [9.17, 15) is 8.42 Å². The summed E-state index contributed by atoms with van der Waals surface area (Å²) in [4.78, 5) is 0.121. The van der Waals surface area contributed by atoms with Crippen LogP contribution in [0.15, 0.2) is 50.2 Å². The number of nitrogen functional groups attached to an aromatic ring is 1. The second-order valence-corrected chi connectivity index (χ2v) is 7.53. The van der Waals surface area contributed by atoms with Gasteiger partial charge in [-0.2, -0.15) is 0 Å². The third kappa shape index (κ3) is 3.69. The summed E-state index contributed by atoms with van der Waals surface area (Å²) >= 11 is 6.52. The van der Waals surface area contributed by atoms with Crippen LogP contribution >= 0.6 is 31.9 Å². The molecule has 0 unspecified atom stereocenters. The predicted octanol–water partition coefficient (Wildman–Crippen LogP) is 3.60. The fraction of sp³-hybridized carbons (Fsp3) is 0.0769. The Balaban J connectivity index is 2.32. The average molecular weight is 436 g/mol. The maximum atomic E-state index is 12.3. The number of rotatable bonds is 4. The van der Waals surface area contributed by atoms with Crippen molar-refractivity contribution < 1.29 is 13.2 Å². The van der Waals surface area contributed by atoms with Gasteiger partial charge in [0.1, 0.15) is 5.75 Å². The maximum Gasteiger partial charge on any atom is 0.261 e. The van der Waals surface area contributed by atoms with Gasteiger partial charge in [-0.25, -0.2) is 8.42 Å². The lowest BCUT2D eigenvalue weighted by Crippen LogP contribution is -2.13. The number of halogens is 2. The summed E-state index contributed by atoms with van der Waals surface area (Å²) in [5, 5.41) is 0. The van der Waals surface area contributed by atoms with Gasteiger partial charge < -0.3 is 10.5 Å². The van der Waals surface area contributed by atoms with Gasteiger partial charge in [0.05, 0.1) is 22.2 Å². The van der Waals surface area contributed by atoms with Gasteiger partial charge >= 0.3 is 0 Å². The summed E-state index contributed by atoms with van der Waals surface area (Å²) in [6, 6.07) is 9.34. The van der Waals surface area contributed by atoms with E-state index in [4.69, 9.17) is 10.5 Å². The highest BCUT2D eigenvalue weighted by Crippen LogP contribution is 2.29. The van der Waals surface area contributed by atoms with Gasteiger partial charge in [0.25, 0.3) is 10.0 Å². The van der Waals surface area contributed by atoms with Crippen LogP contribution in [0.1, 0.15) is 0 Å². The van der Waals surface area contributed by atoms with E-state index in [0.29, 0.717) is 26.1 Å². The highest BCUT2D eigenvalue weighted by molar-refractivity contribution is 9.11. The number of anilines is 2. The molecule has 8 heteroatoms. The van der Waals surface area contributed by atoms with Crippen molar-refractivity contribution in [3.8, 4) is 5.75 Å². The monoisotopic (exact) mass is 434 g/mol. The summed E-state index contributed by atoms with van der Waals surface area (Å²) in [6.07, 6.45) is 0. The predicted molar refractivity (Wildman–Crippen MR) is 90.1 cm³/mol. The quantitative estimate of drug-likeness (QED) is 0.718. The molecule has 2 rings (SSSR count). The van der Waals surface area contributed by atoms with Crippen LogP contribution in [0.4, 0.5) is 11.4 Å². The Labute approximate surface area is 139 Å². The van der Waals surface area contributed by atoms with Gasteiger partial charge in [-0.05, 0) is 68.3 Å². The van der Waals surface area contributed by atoms with E-state index in [1.165, 1.54) is 25.3 Å². The van der Waals surface area contributed by atoms with E-state index in [-0.39, 0.29) is 4.90 Å². The van der Waals surface area contributed by atoms with Crippen molar-refractivity contribution in [3.05, 3.63) is 45.3 Å². The maximum absolute atomic E-state index is 12.3. The number of hydrogen-bond acceptors (Lipinski definition) is 4. The van der Waals surface area contributed by atoms with Crippen molar-refractivity contribution in [3.63, 3.8) is 0 Å². The number of methoxy groups -OCH3 is 1. The van der Waals surface area contributed by atoms with Crippen molar-refractivity contribution >= 4 is 53.3 Å². The molecule has 2 aromatic rings. The Bertz CT molecular complexity index is 779. The Morgan fingerprint density at radius 2 is 1.81 bits per heavy atom. The van der Waals surface area contributed by atoms with Crippen LogP contribution in [0, 0.1) is 0 Å². The molecule has 0 aliphatic carbocycles. The highest BCUT2D eigenvalue weighted by atomic mass is 79.9. The van der Waals surface area contributed by atoms with Crippen molar-refractivity contribution in [1.82, 2.24) is 0 Å². The summed E-state index contributed by atoms with van der Waals surface area (Å²) in [7, 11) is -2.15. The number of sulfonamides is 1. The highest BCUT2D eigenvalue weighted by Gasteiger charge is 2.16. The summed E-state index contributed by atoms with van der Waals surface area (Å²) < 4.78 is 33.4. The topological polar surface area (TPSA) is 81.4 Å². The minimum absolute atomic E-state index is 0.121. The zero-order chi connectivity index (χ0) is 15.6. The fourth-order valence-corrected chi connectivity index (χ4v) is 3.77. The molecule has 0 amide bonds. The Hall–Kier alpha value is -1.25. The van der Waals surface area contributed by atoms with Crippen LogP contribution in [0.25, 0.3) is 0 Å². The SMILES string of the molecule is COc1ccc(NS(=O)(=O)c2ccc(N)c(Br)c2)cc1Br. The van der Waals surface area contributed by atoms with Crippen molar-refractivity contribution in [2.24, 2.45) is 0 Å². The summed E-state index contributed by atoms with van der Waals surface area (Å²) in [5.74, 6) is 0.619. The van der Waals surface area contributed by atoms with E-state index in [1.807, 2.05) is 0 Å². The van der Waals surface area contributed by atoms with E-state index >= 15 is 0 Å². The number of ether oxygens (including phenoxy) is 1. The minimum Gasteiger partial charge on any atom is -0.496 e. The van der Waals surface area contributed by atoms with Gasteiger partial charge in [0.2, 0.25) is 0 Å². The molecule has 0 heterocycles. The third-order valence-corrected chi connectivity index (χ3v) is 5.37. The van der Waals surface area contributed by atoms with Crippen molar-refractivity contribution in [1.29, 1.82) is 0 Å². The first-order chi connectivity index (χ1) is 9.83. The minimum atomic E-state index is -3.69. The molecular formula is C13H12Br2N2O3S. The molecule has 21 heavy (non-hydrogen) atoms. The normalized spacial score (nSPS) is 11.2. The first-order valence-corrected chi connectivity index (χ1v) is 8.82. The molecule has 112 valence electrons. The van der Waals surface area contributed by atoms with Gasteiger partial charge in [0.15, 0.2) is 0 Å². The van der Waals surface area contributed by atoms with Crippen LogP contribution < -0.4 is 15.2 Å². The Morgan fingerprint density at radius 3 is 2.38 bits per heavy atom. The second-order valence-electron chi connectivity index (χ2n) is 4.14. The lowest BCUT2D eigenvalue weighted by Gasteiger charge is -2.11. The molecule has 2 aromatic carbocycles. The second kappa shape index (κ2) is 6.25. The third-order valence-electron chi connectivity index (χ3n) is 2.69. The van der Waals surface area contributed by atoms with Gasteiger partial charge in [0, 0.05) is 10.2 Å². The largest absolute Gasteiger partial charge is 0.496 e. The summed E-state index contributed by atoms with van der Waals surface area (Å²) in [5.41, 5.74) is 6.55. The van der Waals surface area contributed by atoms with Crippen LogP contribution in [-0.4, -0.2) is 15.5 Å². The molecule has 0 radical (unpaired) electrons. The van der Waals surface area contributed by atoms with Crippen LogP contribution in [0.5, 0.6) is 5.75 Å². The molecule has 3 N–H and O–H groups in total. The van der Waals surface area contributed by atoms with E-state index < -0.39 is 10.0 Å². The summed E-state index contributed by atoms with van der Waals surface area (Å²) in [6.45, 7) is 0. The van der Waals surface area contributed by atoms with Crippen LogP contribution in [0.3, 0.4) is 0 Å². The molecule has 0 saturated carbocycles. The number of nitrogens with two attached hydrogens (primary N) is 1. The lowest BCUT2D eigenvalue weighted by molar-refractivity contribution is 0.412. The zero-order valence-corrected chi connectivity index (χ0v) is 14.9. The Kier molecular flexibility index (Phi) is 4.80. The molecule has 5 nitrogen and oxygen atoms in total. The van der Waals surface area contributed by atoms with Gasteiger partial charge in [-0.1, -0.05) is 0 Å². The first kappa shape index (κ1) is 16.1. The van der Waals surface area contributed by atoms with E-state index in [0.717, 1.165) is 0 Å². The van der Waals surface area contributed by atoms with Crippen molar-refractivity contribution in [2.75, 3.05) is 17.6 Å². The number of benzene rings is 2. The molecule has 0 aliphatic heterocycles. The molecule has 0 aliphatic rings. The molecule has 0 bridgehead atoms. The number of nitrogens with one attached hydrogen (secondary N) is 1. The van der Waals surface area contributed by atoms with Gasteiger partial charge in [-0.15, -0.1) is 0 Å². The molecular weight excluding hydrogens is 424 g/mol. The zero-order valence-electron chi connectivity index (χ0n) is 10.9. The molecule has 0 atom stereocenters. The molecule has 0 saturated heterocycles. The standard InChI is InChI=1S/C13H12Br2N2O3S/c1-20-13-5-2-8(6-11(13)15)17-21(18,19)9-3-4-12(16)10(14)7-9/h2-7,17H,16H2,1H3. The van der Waals surface area contributed by atoms with E-state index in [2.05, 4.69) is 36.6 Å². The first-order valence-electron chi connectivity index (χ1n) is 5.75. The molecule has 0 fully saturated rings. The van der Waals surface area contributed by atoms with E-state index in [1.54, 1.807) is 18.2 Å².